The number of ether oxygens (including phenoxy) is 1. The van der Waals surface area contributed by atoms with Crippen LogP contribution in [-0.4, -0.2) is 77.0 Å². The summed E-state index contributed by atoms with van der Waals surface area (Å²) in [7, 11) is 0. The minimum atomic E-state index is -1.01. The lowest BCUT2D eigenvalue weighted by Crippen LogP contribution is -2.52. The largest absolute Gasteiger partial charge is 0.449 e. The summed E-state index contributed by atoms with van der Waals surface area (Å²) >= 11 is 0. The normalized spacial score (nSPS) is 17.1. The number of nitro benzene ring substituents is 1. The van der Waals surface area contributed by atoms with Gasteiger partial charge in [-0.1, -0.05) is 0 Å². The zero-order valence-electron chi connectivity index (χ0n) is 18.4. The monoisotopic (exact) mass is 454 g/mol. The molecule has 0 N–H and O–H groups in total. The molecule has 0 radical (unpaired) electrons. The van der Waals surface area contributed by atoms with E-state index in [4.69, 9.17) is 4.74 Å². The van der Waals surface area contributed by atoms with Crippen molar-refractivity contribution in [3.05, 3.63) is 52.3 Å². The molecule has 0 aliphatic carbocycles. The smallest absolute Gasteiger partial charge is 0.339 e. The number of hydrogen-bond acceptors (Lipinski definition) is 9. The van der Waals surface area contributed by atoms with E-state index in [0.29, 0.717) is 37.8 Å². The molecule has 2 aromatic rings. The topological polar surface area (TPSA) is 122 Å². The maximum atomic E-state index is 12.8. The fourth-order valence-corrected chi connectivity index (χ4v) is 4.14. The molecule has 2 aliphatic rings. The predicted molar refractivity (Wildman–Crippen MR) is 120 cm³/mol. The van der Waals surface area contributed by atoms with Gasteiger partial charge in [0.05, 0.1) is 10.5 Å². The molecule has 174 valence electrons. The lowest BCUT2D eigenvalue weighted by molar-refractivity contribution is -0.384. The second-order valence-electron chi connectivity index (χ2n) is 8.06. The lowest BCUT2D eigenvalue weighted by Gasteiger charge is -2.35. The van der Waals surface area contributed by atoms with Gasteiger partial charge in [-0.2, -0.15) is 0 Å². The zero-order valence-corrected chi connectivity index (χ0v) is 18.4. The van der Waals surface area contributed by atoms with Gasteiger partial charge in [0, 0.05) is 57.7 Å². The van der Waals surface area contributed by atoms with Crippen LogP contribution in [0, 0.1) is 10.1 Å². The van der Waals surface area contributed by atoms with Crippen molar-refractivity contribution in [2.45, 2.75) is 25.9 Å². The van der Waals surface area contributed by atoms with Gasteiger partial charge in [-0.05, 0) is 38.0 Å². The lowest BCUT2D eigenvalue weighted by atomic mass is 10.1. The average molecular weight is 454 g/mol. The number of hydrogen-bond donors (Lipinski definition) is 0. The number of rotatable bonds is 6. The van der Waals surface area contributed by atoms with Gasteiger partial charge in [-0.25, -0.2) is 14.8 Å². The fourth-order valence-electron chi connectivity index (χ4n) is 4.14. The first-order chi connectivity index (χ1) is 15.9. The Morgan fingerprint density at radius 2 is 1.70 bits per heavy atom. The van der Waals surface area contributed by atoms with E-state index in [0.717, 1.165) is 25.9 Å². The molecule has 1 aromatic heterocycles. The third kappa shape index (κ3) is 5.02. The first-order valence-corrected chi connectivity index (χ1v) is 11.0. The van der Waals surface area contributed by atoms with E-state index in [2.05, 4.69) is 9.97 Å². The van der Waals surface area contributed by atoms with Crippen molar-refractivity contribution in [3.63, 3.8) is 0 Å². The molecule has 2 fully saturated rings. The Morgan fingerprint density at radius 3 is 2.33 bits per heavy atom. The number of piperazine rings is 1. The molecule has 4 rings (SSSR count). The van der Waals surface area contributed by atoms with Gasteiger partial charge in [0.2, 0.25) is 5.95 Å². The van der Waals surface area contributed by atoms with E-state index in [-0.39, 0.29) is 17.2 Å². The van der Waals surface area contributed by atoms with Crippen molar-refractivity contribution in [2.24, 2.45) is 0 Å². The van der Waals surface area contributed by atoms with Gasteiger partial charge in [-0.15, -0.1) is 0 Å². The minimum Gasteiger partial charge on any atom is -0.449 e. The Hall–Kier alpha value is -3.76. The van der Waals surface area contributed by atoms with Crippen molar-refractivity contribution in [1.29, 1.82) is 0 Å². The Kier molecular flexibility index (Phi) is 6.66. The Bertz CT molecular complexity index is 1020. The highest BCUT2D eigenvalue weighted by Gasteiger charge is 2.29. The van der Waals surface area contributed by atoms with Crippen LogP contribution in [0.1, 0.15) is 30.1 Å². The average Bonchev–Trinajstić information content (AvgIpc) is 3.38. The molecule has 11 heteroatoms. The van der Waals surface area contributed by atoms with Crippen LogP contribution in [-0.2, 0) is 9.53 Å². The first-order valence-electron chi connectivity index (χ1n) is 11.0. The summed E-state index contributed by atoms with van der Waals surface area (Å²) in [5.74, 6) is -0.452. The molecule has 3 heterocycles. The Labute approximate surface area is 191 Å². The van der Waals surface area contributed by atoms with Gasteiger partial charge >= 0.3 is 5.97 Å². The predicted octanol–water partition coefficient (Wildman–Crippen LogP) is 1.88. The number of anilines is 2. The summed E-state index contributed by atoms with van der Waals surface area (Å²) in [6, 6.07) is 6.07. The van der Waals surface area contributed by atoms with E-state index in [1.54, 1.807) is 29.4 Å². The Morgan fingerprint density at radius 1 is 1.03 bits per heavy atom. The molecule has 1 atom stereocenters. The molecule has 1 amide bonds. The standard InChI is InChI=1S/C22H26N6O5/c1-16(20(29)26-11-13-27(14-12-26)22-23-7-4-8-24-22)33-21(30)17-5-6-18(19(15-17)28(31)32)25-9-2-3-10-25/h4-8,15-16H,2-3,9-14H2,1H3. The summed E-state index contributed by atoms with van der Waals surface area (Å²) in [6.45, 7) is 5.06. The van der Waals surface area contributed by atoms with Crippen LogP contribution in [0.2, 0.25) is 0 Å². The van der Waals surface area contributed by atoms with Crippen LogP contribution in [0.4, 0.5) is 17.3 Å². The number of nitrogens with zero attached hydrogens (tertiary/aromatic N) is 6. The molecule has 0 saturated carbocycles. The van der Waals surface area contributed by atoms with Crippen molar-refractivity contribution in [3.8, 4) is 0 Å². The van der Waals surface area contributed by atoms with Gasteiger partial charge < -0.3 is 19.4 Å². The molecule has 2 aliphatic heterocycles. The molecule has 0 spiro atoms. The second kappa shape index (κ2) is 9.80. The number of esters is 1. The third-order valence-corrected chi connectivity index (χ3v) is 5.91. The van der Waals surface area contributed by atoms with Crippen LogP contribution < -0.4 is 9.80 Å². The number of benzene rings is 1. The fraction of sp³-hybridized carbons (Fsp3) is 0.455. The van der Waals surface area contributed by atoms with Gasteiger partial charge in [0.25, 0.3) is 11.6 Å². The SMILES string of the molecule is CC(OC(=O)c1ccc(N2CCCC2)c([N+](=O)[O-])c1)C(=O)N1CCN(c2ncccn2)CC1. The number of nitro groups is 1. The van der Waals surface area contributed by atoms with E-state index in [1.807, 2.05) is 9.80 Å². The van der Waals surface area contributed by atoms with E-state index < -0.39 is 17.0 Å². The quantitative estimate of drug-likeness (QED) is 0.366. The summed E-state index contributed by atoms with van der Waals surface area (Å²) in [6.07, 6.45) is 4.29. The molecule has 33 heavy (non-hydrogen) atoms. The van der Waals surface area contributed by atoms with Crippen LogP contribution in [0.3, 0.4) is 0 Å². The maximum absolute atomic E-state index is 12.8. The number of aromatic nitrogens is 2. The van der Waals surface area contributed by atoms with Gasteiger partial charge in [0.15, 0.2) is 6.10 Å². The number of carbonyl (C=O) groups excluding carboxylic acids is 2. The number of amides is 1. The van der Waals surface area contributed by atoms with E-state index >= 15 is 0 Å². The van der Waals surface area contributed by atoms with Crippen LogP contribution >= 0.6 is 0 Å². The highest BCUT2D eigenvalue weighted by molar-refractivity contribution is 5.93. The summed E-state index contributed by atoms with van der Waals surface area (Å²) in [4.78, 5) is 50.5. The van der Waals surface area contributed by atoms with Crippen LogP contribution in [0.25, 0.3) is 0 Å². The molecule has 1 aromatic carbocycles. The summed E-state index contributed by atoms with van der Waals surface area (Å²) in [5, 5.41) is 11.6. The highest BCUT2D eigenvalue weighted by Crippen LogP contribution is 2.32. The molecule has 2 saturated heterocycles. The highest BCUT2D eigenvalue weighted by atomic mass is 16.6. The number of carbonyl (C=O) groups is 2. The summed E-state index contributed by atoms with van der Waals surface area (Å²) < 4.78 is 5.36. The van der Waals surface area contributed by atoms with Gasteiger partial charge in [-0.3, -0.25) is 14.9 Å². The molecule has 11 nitrogen and oxygen atoms in total. The van der Waals surface area contributed by atoms with Crippen molar-refractivity contribution >= 4 is 29.2 Å². The molecule has 0 bridgehead atoms. The van der Waals surface area contributed by atoms with Crippen LogP contribution in [0.15, 0.2) is 36.7 Å². The zero-order chi connectivity index (χ0) is 23.4. The van der Waals surface area contributed by atoms with E-state index in [1.165, 1.54) is 19.1 Å². The van der Waals surface area contributed by atoms with Crippen LogP contribution in [0.5, 0.6) is 0 Å². The summed E-state index contributed by atoms with van der Waals surface area (Å²) in [5.41, 5.74) is 0.415. The van der Waals surface area contributed by atoms with Crippen molar-refractivity contribution in [2.75, 3.05) is 49.1 Å². The second-order valence-corrected chi connectivity index (χ2v) is 8.06. The molecule has 1 unspecified atom stereocenters. The van der Waals surface area contributed by atoms with E-state index in [9.17, 15) is 19.7 Å². The third-order valence-electron chi connectivity index (χ3n) is 5.91. The molecular formula is C22H26N6O5. The maximum Gasteiger partial charge on any atom is 0.339 e. The van der Waals surface area contributed by atoms with Gasteiger partial charge in [0.1, 0.15) is 5.69 Å². The first kappa shape index (κ1) is 22.4. The minimum absolute atomic E-state index is 0.0512. The molecular weight excluding hydrogens is 428 g/mol. The Balaban J connectivity index is 1.36. The van der Waals surface area contributed by atoms with Crippen molar-refractivity contribution < 1.29 is 19.2 Å². The van der Waals surface area contributed by atoms with Crippen molar-refractivity contribution in [1.82, 2.24) is 14.9 Å².